The van der Waals surface area contributed by atoms with Crippen molar-refractivity contribution in [3.8, 4) is 22.3 Å². The zero-order valence-electron chi connectivity index (χ0n) is 21.7. The van der Waals surface area contributed by atoms with E-state index < -0.39 is 0 Å². The second-order valence-corrected chi connectivity index (χ2v) is 11.2. The molecule has 0 aliphatic heterocycles. The molecule has 0 N–H and O–H groups in total. The van der Waals surface area contributed by atoms with E-state index in [9.17, 15) is 0 Å². The molecule has 1 aliphatic rings. The molecule has 5 aromatic carbocycles. The Balaban J connectivity index is 1.35. The molecule has 3 aromatic heterocycles. The van der Waals surface area contributed by atoms with Crippen LogP contribution in [0.25, 0.3) is 71.8 Å². The first-order valence-electron chi connectivity index (χ1n) is 13.5. The minimum absolute atomic E-state index is 0.0326. The minimum Gasteiger partial charge on any atom is -0.454 e. The summed E-state index contributed by atoms with van der Waals surface area (Å²) in [4.78, 5) is 5.06. The molecular formula is C36H24N2O. The number of aromatic nitrogens is 2. The fourth-order valence-electron chi connectivity index (χ4n) is 6.86. The minimum atomic E-state index is -0.0326. The van der Waals surface area contributed by atoms with Crippen molar-refractivity contribution in [3.63, 3.8) is 0 Å². The summed E-state index contributed by atoms with van der Waals surface area (Å²) in [5.74, 6) is 0. The van der Waals surface area contributed by atoms with E-state index in [2.05, 4.69) is 121 Å². The number of fused-ring (bicyclic) bond motifs is 13. The van der Waals surface area contributed by atoms with Crippen molar-refractivity contribution in [2.75, 3.05) is 0 Å². The SMILES string of the molecule is CC1(C)c2ccccc2-c2ccc(-c3ccc4oc5c6ccccc6c6nc7ccccc7n6c5c4c3)cc21. The molecule has 8 aromatic rings. The van der Waals surface area contributed by atoms with Crippen LogP contribution in [0.2, 0.25) is 0 Å². The Bertz CT molecular complexity index is 2320. The maximum Gasteiger partial charge on any atom is 0.160 e. The lowest BCUT2D eigenvalue weighted by Gasteiger charge is -2.22. The summed E-state index contributed by atoms with van der Waals surface area (Å²) in [5.41, 5.74) is 13.7. The molecule has 9 rings (SSSR count). The van der Waals surface area contributed by atoms with Gasteiger partial charge in [-0.25, -0.2) is 4.98 Å². The van der Waals surface area contributed by atoms with Gasteiger partial charge in [-0.15, -0.1) is 0 Å². The summed E-state index contributed by atoms with van der Waals surface area (Å²) in [7, 11) is 0. The number of benzene rings is 5. The summed E-state index contributed by atoms with van der Waals surface area (Å²) in [6.45, 7) is 4.67. The first kappa shape index (κ1) is 21.1. The van der Waals surface area contributed by atoms with E-state index in [1.54, 1.807) is 0 Å². The van der Waals surface area contributed by atoms with Crippen LogP contribution in [0.4, 0.5) is 0 Å². The number of hydrogen-bond acceptors (Lipinski definition) is 2. The number of imidazole rings is 1. The van der Waals surface area contributed by atoms with Crippen LogP contribution < -0.4 is 0 Å². The maximum absolute atomic E-state index is 6.58. The molecule has 0 spiro atoms. The molecule has 0 unspecified atom stereocenters. The summed E-state index contributed by atoms with van der Waals surface area (Å²) >= 11 is 0. The molecule has 0 fully saturated rings. The second kappa shape index (κ2) is 7.15. The molecule has 0 saturated carbocycles. The van der Waals surface area contributed by atoms with E-state index in [0.717, 1.165) is 49.5 Å². The predicted molar refractivity (Wildman–Crippen MR) is 160 cm³/mol. The monoisotopic (exact) mass is 500 g/mol. The molecule has 39 heavy (non-hydrogen) atoms. The van der Waals surface area contributed by atoms with Gasteiger partial charge in [0.1, 0.15) is 16.7 Å². The third-order valence-electron chi connectivity index (χ3n) is 8.78. The van der Waals surface area contributed by atoms with Gasteiger partial charge in [-0.3, -0.25) is 4.40 Å². The van der Waals surface area contributed by atoms with E-state index in [4.69, 9.17) is 9.40 Å². The highest BCUT2D eigenvalue weighted by atomic mass is 16.3. The fourth-order valence-corrected chi connectivity index (χ4v) is 6.86. The van der Waals surface area contributed by atoms with Crippen molar-refractivity contribution in [2.24, 2.45) is 0 Å². The van der Waals surface area contributed by atoms with Gasteiger partial charge < -0.3 is 4.42 Å². The van der Waals surface area contributed by atoms with E-state index in [1.165, 1.54) is 33.4 Å². The van der Waals surface area contributed by atoms with Gasteiger partial charge in [0.2, 0.25) is 0 Å². The summed E-state index contributed by atoms with van der Waals surface area (Å²) < 4.78 is 8.87. The Morgan fingerprint density at radius 3 is 2.28 bits per heavy atom. The van der Waals surface area contributed by atoms with E-state index >= 15 is 0 Å². The van der Waals surface area contributed by atoms with Gasteiger partial charge >= 0.3 is 0 Å². The Hall–Kier alpha value is -4.89. The lowest BCUT2D eigenvalue weighted by atomic mass is 9.81. The predicted octanol–water partition coefficient (Wildman–Crippen LogP) is 9.51. The third-order valence-corrected chi connectivity index (χ3v) is 8.78. The van der Waals surface area contributed by atoms with Gasteiger partial charge in [-0.1, -0.05) is 92.7 Å². The van der Waals surface area contributed by atoms with Crippen LogP contribution in [-0.4, -0.2) is 9.38 Å². The molecule has 0 atom stereocenters. The summed E-state index contributed by atoms with van der Waals surface area (Å²) in [6.07, 6.45) is 0. The summed E-state index contributed by atoms with van der Waals surface area (Å²) in [6, 6.07) is 39.1. The highest BCUT2D eigenvalue weighted by molar-refractivity contribution is 6.19. The highest BCUT2D eigenvalue weighted by Gasteiger charge is 2.35. The molecule has 3 nitrogen and oxygen atoms in total. The smallest absolute Gasteiger partial charge is 0.160 e. The van der Waals surface area contributed by atoms with Crippen LogP contribution in [0.1, 0.15) is 25.0 Å². The standard InChI is InChI=1S/C36H24N2O/c1-36(2)28-12-6-5-9-23(28)24-17-15-22(20-29(24)36)21-16-18-32-27(19-21)33-34(39-32)25-10-3-4-11-26(25)35-37-30-13-7-8-14-31(30)38(33)35/h3-20H,1-2H3. The Kier molecular flexibility index (Phi) is 3.86. The summed E-state index contributed by atoms with van der Waals surface area (Å²) in [5, 5.41) is 3.29. The lowest BCUT2D eigenvalue weighted by Crippen LogP contribution is -2.14. The van der Waals surface area contributed by atoms with Gasteiger partial charge in [0.15, 0.2) is 5.58 Å². The quantitative estimate of drug-likeness (QED) is 0.225. The number of rotatable bonds is 1. The maximum atomic E-state index is 6.58. The molecule has 0 bridgehead atoms. The second-order valence-electron chi connectivity index (χ2n) is 11.2. The van der Waals surface area contributed by atoms with Crippen LogP contribution in [0.5, 0.6) is 0 Å². The van der Waals surface area contributed by atoms with Crippen molar-refractivity contribution in [1.29, 1.82) is 0 Å². The molecular weight excluding hydrogens is 476 g/mol. The number of pyridine rings is 1. The Morgan fingerprint density at radius 1 is 0.641 bits per heavy atom. The van der Waals surface area contributed by atoms with Gasteiger partial charge in [0, 0.05) is 21.6 Å². The van der Waals surface area contributed by atoms with Crippen molar-refractivity contribution in [2.45, 2.75) is 19.3 Å². The van der Waals surface area contributed by atoms with Gasteiger partial charge in [-0.05, 0) is 63.7 Å². The Morgan fingerprint density at radius 2 is 1.36 bits per heavy atom. The molecule has 3 heterocycles. The van der Waals surface area contributed by atoms with Crippen molar-refractivity contribution >= 4 is 49.5 Å². The zero-order valence-corrected chi connectivity index (χ0v) is 21.7. The van der Waals surface area contributed by atoms with Crippen molar-refractivity contribution in [3.05, 3.63) is 120 Å². The fraction of sp³-hybridized carbons (Fsp3) is 0.0833. The number of para-hydroxylation sites is 2. The molecule has 1 aliphatic carbocycles. The normalized spacial score (nSPS) is 14.1. The first-order valence-corrected chi connectivity index (χ1v) is 13.5. The number of furan rings is 1. The van der Waals surface area contributed by atoms with Gasteiger partial charge in [-0.2, -0.15) is 0 Å². The Labute approximate surface area is 224 Å². The van der Waals surface area contributed by atoms with E-state index in [-0.39, 0.29) is 5.41 Å². The first-order chi connectivity index (χ1) is 19.1. The molecule has 3 heteroatoms. The molecule has 0 saturated heterocycles. The van der Waals surface area contributed by atoms with E-state index in [1.807, 2.05) is 6.07 Å². The van der Waals surface area contributed by atoms with Crippen LogP contribution in [0.15, 0.2) is 114 Å². The van der Waals surface area contributed by atoms with Crippen LogP contribution in [-0.2, 0) is 5.41 Å². The van der Waals surface area contributed by atoms with Crippen molar-refractivity contribution < 1.29 is 4.42 Å². The molecule has 0 radical (unpaired) electrons. The largest absolute Gasteiger partial charge is 0.454 e. The molecule has 184 valence electrons. The molecule has 0 amide bonds. The topological polar surface area (TPSA) is 30.4 Å². The number of nitrogens with zero attached hydrogens (tertiary/aromatic N) is 2. The van der Waals surface area contributed by atoms with Gasteiger partial charge in [0.25, 0.3) is 0 Å². The van der Waals surface area contributed by atoms with Crippen LogP contribution in [0, 0.1) is 0 Å². The van der Waals surface area contributed by atoms with E-state index in [0.29, 0.717) is 0 Å². The number of hydrogen-bond donors (Lipinski definition) is 0. The van der Waals surface area contributed by atoms with Crippen molar-refractivity contribution in [1.82, 2.24) is 9.38 Å². The van der Waals surface area contributed by atoms with Crippen LogP contribution >= 0.6 is 0 Å². The average Bonchev–Trinajstić information content (AvgIpc) is 3.61. The van der Waals surface area contributed by atoms with Crippen LogP contribution in [0.3, 0.4) is 0 Å². The average molecular weight is 501 g/mol. The lowest BCUT2D eigenvalue weighted by molar-refractivity contribution is 0.660. The highest BCUT2D eigenvalue weighted by Crippen LogP contribution is 2.49. The third kappa shape index (κ3) is 2.64. The van der Waals surface area contributed by atoms with Gasteiger partial charge in [0.05, 0.1) is 11.0 Å². The zero-order chi connectivity index (χ0) is 25.9.